The summed E-state index contributed by atoms with van der Waals surface area (Å²) in [7, 11) is 0. The second-order valence-electron chi connectivity index (χ2n) is 4.12. The van der Waals surface area contributed by atoms with Gasteiger partial charge in [-0.15, -0.1) is 0 Å². The van der Waals surface area contributed by atoms with Crippen LogP contribution in [0.3, 0.4) is 0 Å². The van der Waals surface area contributed by atoms with Crippen LogP contribution >= 0.6 is 0 Å². The van der Waals surface area contributed by atoms with Crippen molar-refractivity contribution >= 4 is 27.8 Å². The number of aromatic nitrogens is 2. The number of nitrogens with two attached hydrogens (primary N) is 1. The van der Waals surface area contributed by atoms with Gasteiger partial charge in [0.25, 0.3) is 0 Å². The van der Waals surface area contributed by atoms with Crippen LogP contribution in [0.4, 0.5) is 5.82 Å². The van der Waals surface area contributed by atoms with Crippen molar-refractivity contribution < 1.29 is 8.83 Å². The molecule has 18 heavy (non-hydrogen) atoms. The van der Waals surface area contributed by atoms with Crippen LogP contribution in [0.25, 0.3) is 33.1 Å². The van der Waals surface area contributed by atoms with Gasteiger partial charge in [0.15, 0.2) is 0 Å². The van der Waals surface area contributed by atoms with Crippen molar-refractivity contribution in [3.05, 3.63) is 36.9 Å². The van der Waals surface area contributed by atoms with E-state index in [0.29, 0.717) is 5.82 Å². The number of fused-ring (bicyclic) bond motifs is 2. The zero-order valence-electron chi connectivity index (χ0n) is 9.31. The van der Waals surface area contributed by atoms with Crippen molar-refractivity contribution in [1.29, 1.82) is 0 Å². The topological polar surface area (TPSA) is 81.0 Å². The Labute approximate surface area is 101 Å². The first-order valence-corrected chi connectivity index (χ1v) is 5.51. The minimum absolute atomic E-state index is 0.515. The number of benzene rings is 1. The molecule has 1 aromatic carbocycles. The highest BCUT2D eigenvalue weighted by Crippen LogP contribution is 2.38. The fourth-order valence-corrected chi connectivity index (χ4v) is 2.30. The molecule has 0 saturated heterocycles. The minimum Gasteiger partial charge on any atom is -0.464 e. The standard InChI is InChI=1S/C13H9N3O2/c14-13-9(6-15-16-13)11-8-2-4-17-10(8)5-7-1-3-18-12(7)11/h1-6H,(H3,14,15,16). The maximum absolute atomic E-state index is 5.90. The zero-order chi connectivity index (χ0) is 12.1. The van der Waals surface area contributed by atoms with Crippen LogP contribution in [0.2, 0.25) is 0 Å². The number of H-pyrrole nitrogens is 1. The number of furan rings is 2. The molecule has 0 atom stereocenters. The Kier molecular flexibility index (Phi) is 1.64. The number of rotatable bonds is 1. The quantitative estimate of drug-likeness (QED) is 0.534. The average molecular weight is 239 g/mol. The molecule has 0 aliphatic rings. The highest BCUT2D eigenvalue weighted by molar-refractivity contribution is 6.10. The summed E-state index contributed by atoms with van der Waals surface area (Å²) in [5, 5.41) is 8.64. The molecule has 0 bridgehead atoms. The minimum atomic E-state index is 0.515. The monoisotopic (exact) mass is 239 g/mol. The first kappa shape index (κ1) is 9.35. The molecular formula is C13H9N3O2. The lowest BCUT2D eigenvalue weighted by Crippen LogP contribution is -1.88. The number of nitrogen functional groups attached to an aromatic ring is 1. The smallest absolute Gasteiger partial charge is 0.142 e. The third kappa shape index (κ3) is 1.08. The lowest BCUT2D eigenvalue weighted by molar-refractivity contribution is 0.613. The number of hydrogen-bond acceptors (Lipinski definition) is 4. The molecule has 0 radical (unpaired) electrons. The first-order chi connectivity index (χ1) is 8.84. The maximum atomic E-state index is 5.90. The van der Waals surface area contributed by atoms with Crippen molar-refractivity contribution in [3.63, 3.8) is 0 Å². The third-order valence-electron chi connectivity index (χ3n) is 3.11. The SMILES string of the molecule is Nc1[nH]ncc1-c1c2ccoc2cc2ccoc12. The van der Waals surface area contributed by atoms with E-state index >= 15 is 0 Å². The van der Waals surface area contributed by atoms with Gasteiger partial charge in [-0.2, -0.15) is 5.10 Å². The molecule has 5 nitrogen and oxygen atoms in total. The molecule has 0 saturated carbocycles. The Morgan fingerprint density at radius 1 is 1.17 bits per heavy atom. The van der Waals surface area contributed by atoms with Gasteiger partial charge in [0.2, 0.25) is 0 Å². The Morgan fingerprint density at radius 2 is 2.06 bits per heavy atom. The molecular weight excluding hydrogens is 230 g/mol. The van der Waals surface area contributed by atoms with Crippen LogP contribution in [-0.4, -0.2) is 10.2 Å². The van der Waals surface area contributed by atoms with Gasteiger partial charge in [-0.3, -0.25) is 5.10 Å². The predicted molar refractivity (Wildman–Crippen MR) is 68.0 cm³/mol. The van der Waals surface area contributed by atoms with E-state index in [-0.39, 0.29) is 0 Å². The molecule has 0 unspecified atom stereocenters. The Hall–Kier alpha value is -2.69. The van der Waals surface area contributed by atoms with Crippen LogP contribution in [0.15, 0.2) is 45.8 Å². The second kappa shape index (κ2) is 3.16. The van der Waals surface area contributed by atoms with Gasteiger partial charge in [-0.05, 0) is 18.2 Å². The molecule has 0 spiro atoms. The van der Waals surface area contributed by atoms with Gasteiger partial charge in [0, 0.05) is 21.9 Å². The molecule has 0 aliphatic heterocycles. The second-order valence-corrected chi connectivity index (χ2v) is 4.12. The van der Waals surface area contributed by atoms with E-state index in [1.54, 1.807) is 18.7 Å². The van der Waals surface area contributed by atoms with E-state index in [1.165, 1.54) is 0 Å². The van der Waals surface area contributed by atoms with Crippen molar-refractivity contribution in [2.75, 3.05) is 5.73 Å². The van der Waals surface area contributed by atoms with E-state index < -0.39 is 0 Å². The summed E-state index contributed by atoms with van der Waals surface area (Å²) < 4.78 is 11.0. The van der Waals surface area contributed by atoms with Crippen molar-refractivity contribution in [2.45, 2.75) is 0 Å². The van der Waals surface area contributed by atoms with Crippen LogP contribution in [0.5, 0.6) is 0 Å². The molecule has 3 aromatic heterocycles. The lowest BCUT2D eigenvalue weighted by Gasteiger charge is -2.02. The van der Waals surface area contributed by atoms with Crippen LogP contribution in [-0.2, 0) is 0 Å². The average Bonchev–Trinajstić information content (AvgIpc) is 3.05. The highest BCUT2D eigenvalue weighted by Gasteiger charge is 2.17. The molecule has 3 N–H and O–H groups in total. The summed E-state index contributed by atoms with van der Waals surface area (Å²) in [5.74, 6) is 0.515. The molecule has 3 heterocycles. The predicted octanol–water partition coefficient (Wildman–Crippen LogP) is 3.15. The molecule has 0 amide bonds. The summed E-state index contributed by atoms with van der Waals surface area (Å²) in [6, 6.07) is 5.75. The molecule has 5 heteroatoms. The van der Waals surface area contributed by atoms with E-state index in [1.807, 2.05) is 18.2 Å². The van der Waals surface area contributed by atoms with E-state index in [0.717, 1.165) is 33.1 Å². The number of nitrogens with zero attached hydrogens (tertiary/aromatic N) is 1. The van der Waals surface area contributed by atoms with Crippen LogP contribution in [0.1, 0.15) is 0 Å². The zero-order valence-corrected chi connectivity index (χ0v) is 9.31. The molecule has 0 fully saturated rings. The number of hydrogen-bond donors (Lipinski definition) is 2. The maximum Gasteiger partial charge on any atom is 0.142 e. The fourth-order valence-electron chi connectivity index (χ4n) is 2.30. The van der Waals surface area contributed by atoms with Crippen molar-refractivity contribution in [2.24, 2.45) is 0 Å². The van der Waals surface area contributed by atoms with Crippen LogP contribution < -0.4 is 5.73 Å². The summed E-state index contributed by atoms with van der Waals surface area (Å²) in [6.07, 6.45) is 5.01. The van der Waals surface area contributed by atoms with Gasteiger partial charge in [-0.1, -0.05) is 0 Å². The number of nitrogens with one attached hydrogen (secondary N) is 1. The number of aromatic amines is 1. The van der Waals surface area contributed by atoms with Crippen molar-refractivity contribution in [1.82, 2.24) is 10.2 Å². The summed E-state index contributed by atoms with van der Waals surface area (Å²) >= 11 is 0. The van der Waals surface area contributed by atoms with Gasteiger partial charge in [0.1, 0.15) is 17.0 Å². The fraction of sp³-hybridized carbons (Fsp3) is 0. The Balaban J connectivity index is 2.26. The Bertz CT molecular complexity index is 805. The van der Waals surface area contributed by atoms with Gasteiger partial charge in [0.05, 0.1) is 18.7 Å². The third-order valence-corrected chi connectivity index (χ3v) is 3.11. The summed E-state index contributed by atoms with van der Waals surface area (Å²) in [4.78, 5) is 0. The van der Waals surface area contributed by atoms with E-state index in [2.05, 4.69) is 10.2 Å². The van der Waals surface area contributed by atoms with Crippen LogP contribution in [0, 0.1) is 0 Å². The number of anilines is 1. The van der Waals surface area contributed by atoms with Crippen molar-refractivity contribution in [3.8, 4) is 11.1 Å². The highest BCUT2D eigenvalue weighted by atomic mass is 16.3. The van der Waals surface area contributed by atoms with Gasteiger partial charge < -0.3 is 14.6 Å². The largest absolute Gasteiger partial charge is 0.464 e. The van der Waals surface area contributed by atoms with Gasteiger partial charge >= 0.3 is 0 Å². The summed E-state index contributed by atoms with van der Waals surface area (Å²) in [5.41, 5.74) is 9.23. The first-order valence-electron chi connectivity index (χ1n) is 5.51. The van der Waals surface area contributed by atoms with E-state index in [4.69, 9.17) is 14.6 Å². The van der Waals surface area contributed by atoms with E-state index in [9.17, 15) is 0 Å². The van der Waals surface area contributed by atoms with Gasteiger partial charge in [-0.25, -0.2) is 0 Å². The molecule has 4 rings (SSSR count). The Morgan fingerprint density at radius 3 is 2.89 bits per heavy atom. The molecule has 0 aliphatic carbocycles. The molecule has 88 valence electrons. The lowest BCUT2D eigenvalue weighted by atomic mass is 10.0. The normalized spacial score (nSPS) is 11.6. The summed E-state index contributed by atoms with van der Waals surface area (Å²) in [6.45, 7) is 0. The molecule has 4 aromatic rings.